The van der Waals surface area contributed by atoms with Crippen molar-refractivity contribution in [2.45, 2.75) is 58.5 Å². The van der Waals surface area contributed by atoms with Crippen molar-refractivity contribution >= 4 is 17.5 Å². The highest BCUT2D eigenvalue weighted by Crippen LogP contribution is 2.26. The second kappa shape index (κ2) is 6.72. The summed E-state index contributed by atoms with van der Waals surface area (Å²) < 4.78 is 1.86. The molecular weight excluding hydrogens is 292 g/mol. The first-order valence-electron chi connectivity index (χ1n) is 8.66. The smallest absolute Gasteiger partial charge is 0.227 e. The molecule has 6 heteroatoms. The van der Waals surface area contributed by atoms with E-state index in [1.807, 2.05) is 10.9 Å². The number of nitrogens with zero attached hydrogens (tertiary/aromatic N) is 3. The van der Waals surface area contributed by atoms with Gasteiger partial charge in [0.15, 0.2) is 0 Å². The van der Waals surface area contributed by atoms with Gasteiger partial charge in [0.2, 0.25) is 11.8 Å². The molecule has 1 aliphatic heterocycles. The number of hydrogen-bond acceptors (Lipinski definition) is 3. The fourth-order valence-corrected chi connectivity index (χ4v) is 3.49. The highest BCUT2D eigenvalue weighted by atomic mass is 16.2. The maximum absolute atomic E-state index is 12.4. The summed E-state index contributed by atoms with van der Waals surface area (Å²) in [6.07, 6.45) is 8.43. The van der Waals surface area contributed by atoms with Gasteiger partial charge in [0.05, 0.1) is 17.8 Å². The van der Waals surface area contributed by atoms with Gasteiger partial charge in [-0.3, -0.25) is 14.3 Å². The molecule has 1 aromatic heterocycles. The third kappa shape index (κ3) is 3.74. The van der Waals surface area contributed by atoms with E-state index in [1.54, 1.807) is 11.1 Å². The number of nitrogens with one attached hydrogen (secondary N) is 1. The van der Waals surface area contributed by atoms with E-state index in [1.165, 1.54) is 12.8 Å². The molecule has 2 aliphatic rings. The van der Waals surface area contributed by atoms with Gasteiger partial charge in [-0.15, -0.1) is 0 Å². The third-order valence-corrected chi connectivity index (χ3v) is 4.68. The molecular formula is C17H26N4O2. The first-order valence-corrected chi connectivity index (χ1v) is 8.66. The molecule has 6 nitrogen and oxygen atoms in total. The minimum absolute atomic E-state index is 0.0145. The third-order valence-electron chi connectivity index (χ3n) is 4.68. The molecule has 0 spiro atoms. The highest BCUT2D eigenvalue weighted by Gasteiger charge is 2.36. The molecule has 1 saturated heterocycles. The van der Waals surface area contributed by atoms with Crippen molar-refractivity contribution in [3.63, 3.8) is 0 Å². The Morgan fingerprint density at radius 3 is 2.83 bits per heavy atom. The Balaban J connectivity index is 1.60. The molecule has 0 bridgehead atoms. The van der Waals surface area contributed by atoms with Crippen molar-refractivity contribution in [2.75, 3.05) is 11.4 Å². The van der Waals surface area contributed by atoms with Gasteiger partial charge in [0.25, 0.3) is 0 Å². The molecule has 0 radical (unpaired) electrons. The van der Waals surface area contributed by atoms with Crippen LogP contribution in [0.15, 0.2) is 12.4 Å². The van der Waals surface area contributed by atoms with Crippen molar-refractivity contribution in [3.05, 3.63) is 12.4 Å². The lowest BCUT2D eigenvalue weighted by molar-refractivity contribution is -0.126. The van der Waals surface area contributed by atoms with Crippen LogP contribution in [-0.4, -0.2) is 34.2 Å². The molecule has 1 saturated carbocycles. The fourth-order valence-electron chi connectivity index (χ4n) is 3.49. The van der Waals surface area contributed by atoms with Crippen LogP contribution in [0.5, 0.6) is 0 Å². The van der Waals surface area contributed by atoms with Gasteiger partial charge in [0, 0.05) is 31.7 Å². The van der Waals surface area contributed by atoms with Crippen LogP contribution in [0.25, 0.3) is 0 Å². The summed E-state index contributed by atoms with van der Waals surface area (Å²) in [4.78, 5) is 26.3. The predicted molar refractivity (Wildman–Crippen MR) is 87.9 cm³/mol. The molecule has 1 aromatic rings. The number of carbonyl (C=O) groups excluding carboxylic acids is 2. The summed E-state index contributed by atoms with van der Waals surface area (Å²) in [6.45, 7) is 5.55. The first kappa shape index (κ1) is 16.0. The molecule has 126 valence electrons. The summed E-state index contributed by atoms with van der Waals surface area (Å²) in [6, 6.07) is 0.306. The van der Waals surface area contributed by atoms with Crippen LogP contribution in [0, 0.1) is 11.8 Å². The van der Waals surface area contributed by atoms with Gasteiger partial charge in [-0.2, -0.15) is 5.10 Å². The number of amides is 2. The lowest BCUT2D eigenvalue weighted by Crippen LogP contribution is -2.38. The van der Waals surface area contributed by atoms with Crippen LogP contribution in [0.4, 0.5) is 5.69 Å². The highest BCUT2D eigenvalue weighted by molar-refractivity contribution is 6.00. The Morgan fingerprint density at radius 1 is 1.39 bits per heavy atom. The largest absolute Gasteiger partial charge is 0.353 e. The fraction of sp³-hybridized carbons (Fsp3) is 0.706. The Kier molecular flexibility index (Phi) is 4.68. The minimum Gasteiger partial charge on any atom is -0.353 e. The van der Waals surface area contributed by atoms with Crippen molar-refractivity contribution < 1.29 is 9.59 Å². The molecule has 0 aromatic carbocycles. The minimum atomic E-state index is -0.239. The molecule has 2 amide bonds. The summed E-state index contributed by atoms with van der Waals surface area (Å²) in [5.74, 6) is 0.307. The van der Waals surface area contributed by atoms with Gasteiger partial charge < -0.3 is 10.2 Å². The van der Waals surface area contributed by atoms with Crippen LogP contribution in [-0.2, 0) is 16.1 Å². The van der Waals surface area contributed by atoms with E-state index in [-0.39, 0.29) is 17.7 Å². The molecule has 1 N–H and O–H groups in total. The SMILES string of the molecule is CC(C)Cn1cc(N2C[C@H](C(=O)NC3CCCC3)CC2=O)cn1. The second-order valence-electron chi connectivity index (χ2n) is 7.21. The molecule has 0 unspecified atom stereocenters. The van der Waals surface area contributed by atoms with Gasteiger partial charge in [-0.05, 0) is 18.8 Å². The number of hydrogen-bond donors (Lipinski definition) is 1. The van der Waals surface area contributed by atoms with Crippen molar-refractivity contribution in [3.8, 4) is 0 Å². The van der Waals surface area contributed by atoms with Crippen LogP contribution in [0.2, 0.25) is 0 Å². The standard InChI is InChI=1S/C17H26N4O2/c1-12(2)9-20-11-15(8-18-20)21-10-13(7-16(21)22)17(23)19-14-5-3-4-6-14/h8,11-14H,3-7,9-10H2,1-2H3,(H,19,23)/t13-/m1/s1. The molecule has 1 atom stereocenters. The summed E-state index contributed by atoms with van der Waals surface area (Å²) in [5, 5.41) is 7.42. The number of aromatic nitrogens is 2. The van der Waals surface area contributed by atoms with Crippen LogP contribution < -0.4 is 10.2 Å². The Bertz CT molecular complexity index is 575. The molecule has 3 rings (SSSR count). The lowest BCUT2D eigenvalue weighted by Gasteiger charge is -2.16. The average Bonchev–Trinajstić information content (AvgIpc) is 3.19. The van der Waals surface area contributed by atoms with E-state index in [4.69, 9.17) is 0 Å². The number of rotatable bonds is 5. The molecule has 23 heavy (non-hydrogen) atoms. The van der Waals surface area contributed by atoms with Crippen molar-refractivity contribution in [1.29, 1.82) is 0 Å². The predicted octanol–water partition coefficient (Wildman–Crippen LogP) is 1.95. The second-order valence-corrected chi connectivity index (χ2v) is 7.21. The Labute approximate surface area is 137 Å². The van der Waals surface area contributed by atoms with Crippen LogP contribution in [0.1, 0.15) is 46.0 Å². The first-order chi connectivity index (χ1) is 11.0. The maximum Gasteiger partial charge on any atom is 0.227 e. The van der Waals surface area contributed by atoms with Crippen LogP contribution in [0.3, 0.4) is 0 Å². The van der Waals surface area contributed by atoms with E-state index < -0.39 is 0 Å². The normalized spacial score (nSPS) is 22.3. The molecule has 2 fully saturated rings. The topological polar surface area (TPSA) is 67.2 Å². The lowest BCUT2D eigenvalue weighted by atomic mass is 10.1. The zero-order valence-electron chi connectivity index (χ0n) is 14.0. The van der Waals surface area contributed by atoms with Gasteiger partial charge in [0.1, 0.15) is 0 Å². The Hall–Kier alpha value is -1.85. The average molecular weight is 318 g/mol. The summed E-state index contributed by atoms with van der Waals surface area (Å²) >= 11 is 0. The maximum atomic E-state index is 12.4. The Morgan fingerprint density at radius 2 is 2.13 bits per heavy atom. The van der Waals surface area contributed by atoms with E-state index >= 15 is 0 Å². The zero-order chi connectivity index (χ0) is 16.4. The van der Waals surface area contributed by atoms with Gasteiger partial charge >= 0.3 is 0 Å². The van der Waals surface area contributed by atoms with Crippen molar-refractivity contribution in [2.24, 2.45) is 11.8 Å². The van der Waals surface area contributed by atoms with Crippen molar-refractivity contribution in [1.82, 2.24) is 15.1 Å². The van der Waals surface area contributed by atoms with E-state index in [0.717, 1.165) is 25.1 Å². The summed E-state index contributed by atoms with van der Waals surface area (Å²) in [5.41, 5.74) is 0.798. The van der Waals surface area contributed by atoms with Gasteiger partial charge in [-0.1, -0.05) is 26.7 Å². The monoisotopic (exact) mass is 318 g/mol. The number of anilines is 1. The number of carbonyl (C=O) groups is 2. The van der Waals surface area contributed by atoms with E-state index in [2.05, 4.69) is 24.3 Å². The molecule has 2 heterocycles. The van der Waals surface area contributed by atoms with Gasteiger partial charge in [-0.25, -0.2) is 0 Å². The quantitative estimate of drug-likeness (QED) is 0.902. The van der Waals surface area contributed by atoms with Crippen LogP contribution >= 0.6 is 0 Å². The molecule has 1 aliphatic carbocycles. The van der Waals surface area contributed by atoms with E-state index in [9.17, 15) is 9.59 Å². The summed E-state index contributed by atoms with van der Waals surface area (Å²) in [7, 11) is 0. The van der Waals surface area contributed by atoms with E-state index in [0.29, 0.717) is 24.9 Å². The zero-order valence-corrected chi connectivity index (χ0v) is 14.0.